The molecule has 1 aromatic heterocycles. The Bertz CT molecular complexity index is 1090. The van der Waals surface area contributed by atoms with Gasteiger partial charge in [0.2, 0.25) is 10.0 Å². The maximum Gasteiger partial charge on any atom is 0.240 e. The van der Waals surface area contributed by atoms with Crippen LogP contribution in [0, 0.1) is 0 Å². The van der Waals surface area contributed by atoms with E-state index in [0.717, 1.165) is 23.8 Å². The zero-order valence-corrected chi connectivity index (χ0v) is 15.8. The van der Waals surface area contributed by atoms with Crippen molar-refractivity contribution in [3.63, 3.8) is 0 Å². The largest absolute Gasteiger partial charge is 0.493 e. The average Bonchev–Trinajstić information content (AvgIpc) is 3.49. The van der Waals surface area contributed by atoms with Crippen LogP contribution in [0.2, 0.25) is 0 Å². The number of methoxy groups -OCH3 is 2. The third-order valence-electron chi connectivity index (χ3n) is 4.48. The zero-order valence-electron chi connectivity index (χ0n) is 15.0. The molecule has 0 spiro atoms. The van der Waals surface area contributed by atoms with Crippen LogP contribution in [0.3, 0.4) is 0 Å². The molecule has 1 heterocycles. The standard InChI is InChI=1S/C19H19N3O4S/c1-25-17-9-15-16(10-18(17)26-2)20-11-21-19(15)12-3-7-14(8-4-12)27(23,24)22-13-5-6-13/h3-4,7-11,13,22H,5-6H2,1-2H3. The lowest BCUT2D eigenvalue weighted by Crippen LogP contribution is -2.25. The number of fused-ring (bicyclic) bond motifs is 1. The van der Waals surface area contributed by atoms with E-state index in [2.05, 4.69) is 14.7 Å². The Morgan fingerprint density at radius 3 is 2.30 bits per heavy atom. The second kappa shape index (κ2) is 6.79. The van der Waals surface area contributed by atoms with Crippen LogP contribution in [0.25, 0.3) is 22.2 Å². The highest BCUT2D eigenvalue weighted by atomic mass is 32.2. The molecule has 0 radical (unpaired) electrons. The molecule has 7 nitrogen and oxygen atoms in total. The number of rotatable bonds is 6. The fourth-order valence-electron chi connectivity index (χ4n) is 2.89. The molecule has 27 heavy (non-hydrogen) atoms. The van der Waals surface area contributed by atoms with Gasteiger partial charge in [-0.25, -0.2) is 23.1 Å². The number of hydrogen-bond acceptors (Lipinski definition) is 6. The summed E-state index contributed by atoms with van der Waals surface area (Å²) >= 11 is 0. The summed E-state index contributed by atoms with van der Waals surface area (Å²) in [4.78, 5) is 8.93. The summed E-state index contributed by atoms with van der Waals surface area (Å²) in [5, 5.41) is 0.793. The van der Waals surface area contributed by atoms with E-state index in [9.17, 15) is 8.42 Å². The summed E-state index contributed by atoms with van der Waals surface area (Å²) in [6.07, 6.45) is 3.27. The normalized spacial score (nSPS) is 14.3. The van der Waals surface area contributed by atoms with Crippen LogP contribution in [0.15, 0.2) is 47.6 Å². The Morgan fingerprint density at radius 2 is 1.67 bits per heavy atom. The lowest BCUT2D eigenvalue weighted by molar-refractivity contribution is 0.356. The Hall–Kier alpha value is -2.71. The van der Waals surface area contributed by atoms with Crippen molar-refractivity contribution < 1.29 is 17.9 Å². The monoisotopic (exact) mass is 385 g/mol. The number of sulfonamides is 1. The molecule has 0 atom stereocenters. The third-order valence-corrected chi connectivity index (χ3v) is 6.01. The molecule has 2 aromatic carbocycles. The lowest BCUT2D eigenvalue weighted by atomic mass is 10.1. The molecule has 0 aliphatic heterocycles. The first-order chi connectivity index (χ1) is 13.0. The topological polar surface area (TPSA) is 90.4 Å². The van der Waals surface area contributed by atoms with Gasteiger partial charge in [0.25, 0.3) is 0 Å². The molecule has 0 amide bonds. The van der Waals surface area contributed by atoms with E-state index in [-0.39, 0.29) is 10.9 Å². The first-order valence-electron chi connectivity index (χ1n) is 8.51. The number of ether oxygens (including phenoxy) is 2. The van der Waals surface area contributed by atoms with Crippen LogP contribution in [0.4, 0.5) is 0 Å². The minimum atomic E-state index is -3.48. The van der Waals surface area contributed by atoms with E-state index >= 15 is 0 Å². The van der Waals surface area contributed by atoms with Crippen LogP contribution >= 0.6 is 0 Å². The predicted molar refractivity (Wildman–Crippen MR) is 101 cm³/mol. The van der Waals surface area contributed by atoms with E-state index in [1.807, 2.05) is 6.07 Å². The van der Waals surface area contributed by atoms with E-state index < -0.39 is 10.0 Å². The molecule has 1 aliphatic rings. The second-order valence-electron chi connectivity index (χ2n) is 6.37. The van der Waals surface area contributed by atoms with Crippen LogP contribution in [0.5, 0.6) is 11.5 Å². The fourth-order valence-corrected chi connectivity index (χ4v) is 4.20. The summed E-state index contributed by atoms with van der Waals surface area (Å²) in [5.41, 5.74) is 2.20. The van der Waals surface area contributed by atoms with Crippen molar-refractivity contribution in [3.8, 4) is 22.8 Å². The SMILES string of the molecule is COc1cc2ncnc(-c3ccc(S(=O)(=O)NC4CC4)cc3)c2cc1OC. The van der Waals surface area contributed by atoms with Gasteiger partial charge in [0.15, 0.2) is 11.5 Å². The molecule has 1 fully saturated rings. The van der Waals surface area contributed by atoms with E-state index in [1.54, 1.807) is 44.6 Å². The van der Waals surface area contributed by atoms with Gasteiger partial charge in [0.05, 0.1) is 30.3 Å². The van der Waals surface area contributed by atoms with Gasteiger partial charge in [-0.05, 0) is 31.0 Å². The maximum atomic E-state index is 12.3. The van der Waals surface area contributed by atoms with E-state index in [0.29, 0.717) is 22.7 Å². The molecule has 140 valence electrons. The molecule has 1 saturated carbocycles. The predicted octanol–water partition coefficient (Wildman–Crippen LogP) is 2.75. The minimum absolute atomic E-state index is 0.0722. The van der Waals surface area contributed by atoms with Gasteiger partial charge in [0.1, 0.15) is 6.33 Å². The summed E-state index contributed by atoms with van der Waals surface area (Å²) in [6, 6.07) is 10.4. The summed E-state index contributed by atoms with van der Waals surface area (Å²) < 4.78 is 38.0. The van der Waals surface area contributed by atoms with Crippen LogP contribution < -0.4 is 14.2 Å². The first-order valence-corrected chi connectivity index (χ1v) is 9.99. The van der Waals surface area contributed by atoms with Crippen molar-refractivity contribution in [1.29, 1.82) is 0 Å². The van der Waals surface area contributed by atoms with Crippen LogP contribution in [-0.2, 0) is 10.0 Å². The van der Waals surface area contributed by atoms with Crippen molar-refractivity contribution in [2.24, 2.45) is 0 Å². The Morgan fingerprint density at radius 1 is 1.00 bits per heavy atom. The third kappa shape index (κ3) is 3.45. The summed E-state index contributed by atoms with van der Waals surface area (Å²) in [7, 11) is -0.338. The highest BCUT2D eigenvalue weighted by Gasteiger charge is 2.27. The Balaban J connectivity index is 1.75. The van der Waals surface area contributed by atoms with Gasteiger partial charge in [-0.2, -0.15) is 0 Å². The lowest BCUT2D eigenvalue weighted by Gasteiger charge is -2.11. The maximum absolute atomic E-state index is 12.3. The van der Waals surface area contributed by atoms with Gasteiger partial charge >= 0.3 is 0 Å². The number of nitrogens with one attached hydrogen (secondary N) is 1. The fraction of sp³-hybridized carbons (Fsp3) is 0.263. The molecule has 1 N–H and O–H groups in total. The van der Waals surface area contributed by atoms with Gasteiger partial charge in [-0.3, -0.25) is 0 Å². The highest BCUT2D eigenvalue weighted by Crippen LogP contribution is 2.35. The molecular formula is C19H19N3O4S. The van der Waals surface area contributed by atoms with Gasteiger partial charge in [0, 0.05) is 23.1 Å². The summed E-state index contributed by atoms with van der Waals surface area (Å²) in [5.74, 6) is 1.16. The zero-order chi connectivity index (χ0) is 19.0. The Labute approximate surface area is 157 Å². The molecule has 0 saturated heterocycles. The smallest absolute Gasteiger partial charge is 0.240 e. The molecule has 0 bridgehead atoms. The van der Waals surface area contributed by atoms with E-state index in [1.165, 1.54) is 6.33 Å². The number of benzene rings is 2. The first kappa shape index (κ1) is 17.7. The van der Waals surface area contributed by atoms with E-state index in [4.69, 9.17) is 9.47 Å². The molecule has 3 aromatic rings. The molecule has 4 rings (SSSR count). The van der Waals surface area contributed by atoms with Gasteiger partial charge in [-0.15, -0.1) is 0 Å². The van der Waals surface area contributed by atoms with Crippen molar-refractivity contribution >= 4 is 20.9 Å². The molecule has 0 unspecified atom stereocenters. The van der Waals surface area contributed by atoms with Gasteiger partial charge in [-0.1, -0.05) is 12.1 Å². The number of aromatic nitrogens is 2. The van der Waals surface area contributed by atoms with Crippen molar-refractivity contribution in [1.82, 2.24) is 14.7 Å². The van der Waals surface area contributed by atoms with Crippen molar-refractivity contribution in [3.05, 3.63) is 42.7 Å². The number of nitrogens with zero attached hydrogens (tertiary/aromatic N) is 2. The van der Waals surface area contributed by atoms with Gasteiger partial charge < -0.3 is 9.47 Å². The summed E-state index contributed by atoms with van der Waals surface area (Å²) in [6.45, 7) is 0. The Kier molecular flexibility index (Phi) is 4.45. The van der Waals surface area contributed by atoms with Crippen molar-refractivity contribution in [2.45, 2.75) is 23.8 Å². The van der Waals surface area contributed by atoms with Crippen LogP contribution in [-0.4, -0.2) is 38.6 Å². The second-order valence-corrected chi connectivity index (χ2v) is 8.08. The van der Waals surface area contributed by atoms with Crippen molar-refractivity contribution in [2.75, 3.05) is 14.2 Å². The quantitative estimate of drug-likeness (QED) is 0.702. The average molecular weight is 385 g/mol. The molecule has 8 heteroatoms. The minimum Gasteiger partial charge on any atom is -0.493 e. The number of hydrogen-bond donors (Lipinski definition) is 1. The van der Waals surface area contributed by atoms with Crippen LogP contribution in [0.1, 0.15) is 12.8 Å². The molecular weight excluding hydrogens is 366 g/mol. The highest BCUT2D eigenvalue weighted by molar-refractivity contribution is 7.89. The molecule has 1 aliphatic carbocycles.